The van der Waals surface area contributed by atoms with E-state index in [2.05, 4.69) is 15.4 Å². The van der Waals surface area contributed by atoms with Crippen molar-refractivity contribution in [2.45, 2.75) is 6.92 Å². The molecule has 0 spiro atoms. The number of amides is 1. The minimum Gasteiger partial charge on any atom is -0.330 e. The van der Waals surface area contributed by atoms with Gasteiger partial charge in [-0.2, -0.15) is 5.10 Å². The molecule has 1 atom stereocenters. The maximum absolute atomic E-state index is 13.9. The van der Waals surface area contributed by atoms with Crippen molar-refractivity contribution >= 4 is 24.0 Å². The molecule has 0 aliphatic heterocycles. The maximum atomic E-state index is 13.9. The van der Waals surface area contributed by atoms with Crippen LogP contribution in [-0.4, -0.2) is 27.2 Å². The minimum absolute atomic E-state index is 0. The highest BCUT2D eigenvalue weighted by molar-refractivity contribution is 5.92. The van der Waals surface area contributed by atoms with Crippen molar-refractivity contribution < 1.29 is 9.18 Å². The lowest BCUT2D eigenvalue weighted by Crippen LogP contribution is -2.26. The summed E-state index contributed by atoms with van der Waals surface area (Å²) in [6.45, 7) is 1.95. The molecule has 1 aromatic carbocycles. The summed E-state index contributed by atoms with van der Waals surface area (Å²) in [5, 5.41) is 6.44. The number of anilines is 1. The van der Waals surface area contributed by atoms with Crippen LogP contribution >= 0.6 is 12.4 Å². The van der Waals surface area contributed by atoms with E-state index < -0.39 is 5.82 Å². The zero-order valence-corrected chi connectivity index (χ0v) is 11.6. The molecule has 108 valence electrons. The molecule has 6 nitrogen and oxygen atoms in total. The Morgan fingerprint density at radius 3 is 2.85 bits per heavy atom. The van der Waals surface area contributed by atoms with Gasteiger partial charge in [0.25, 0.3) is 0 Å². The monoisotopic (exact) mass is 299 g/mol. The standard InChI is InChI=1S/C12H14FN5O.ClH/c1-8(5-14)12(19)17-9-2-3-11(10(13)4-9)18-7-15-6-16-18;/h2-4,6-8H,5,14H2,1H3,(H,17,19);1H. The summed E-state index contributed by atoms with van der Waals surface area (Å²) in [6.07, 6.45) is 2.71. The first-order valence-corrected chi connectivity index (χ1v) is 5.77. The van der Waals surface area contributed by atoms with E-state index in [4.69, 9.17) is 5.73 Å². The summed E-state index contributed by atoms with van der Waals surface area (Å²) in [5.74, 6) is -1.06. The van der Waals surface area contributed by atoms with Gasteiger partial charge in [-0.05, 0) is 18.2 Å². The predicted octanol–water partition coefficient (Wildman–Crippen LogP) is 1.36. The van der Waals surface area contributed by atoms with Gasteiger partial charge in [-0.1, -0.05) is 6.92 Å². The molecule has 3 N–H and O–H groups in total. The molecule has 2 rings (SSSR count). The van der Waals surface area contributed by atoms with Crippen LogP contribution in [0, 0.1) is 11.7 Å². The van der Waals surface area contributed by atoms with E-state index in [9.17, 15) is 9.18 Å². The average Bonchev–Trinajstić information content (AvgIpc) is 2.91. The van der Waals surface area contributed by atoms with Crippen LogP contribution in [0.25, 0.3) is 5.69 Å². The first kappa shape index (κ1) is 16.1. The van der Waals surface area contributed by atoms with Gasteiger partial charge < -0.3 is 11.1 Å². The van der Waals surface area contributed by atoms with Gasteiger partial charge in [0.05, 0.1) is 0 Å². The van der Waals surface area contributed by atoms with Crippen molar-refractivity contribution in [3.8, 4) is 5.69 Å². The molecule has 2 aromatic rings. The van der Waals surface area contributed by atoms with Gasteiger partial charge in [-0.3, -0.25) is 4.79 Å². The fourth-order valence-electron chi connectivity index (χ4n) is 1.48. The number of carbonyl (C=O) groups excluding carboxylic acids is 1. The molecule has 8 heteroatoms. The molecule has 1 aromatic heterocycles. The molecule has 0 saturated heterocycles. The van der Waals surface area contributed by atoms with Crippen molar-refractivity contribution in [2.75, 3.05) is 11.9 Å². The Balaban J connectivity index is 0.00000200. The number of benzene rings is 1. The number of aromatic nitrogens is 3. The number of hydrogen-bond donors (Lipinski definition) is 2. The average molecular weight is 300 g/mol. The number of halogens is 2. The second-order valence-electron chi connectivity index (χ2n) is 4.13. The highest BCUT2D eigenvalue weighted by Gasteiger charge is 2.12. The van der Waals surface area contributed by atoms with Gasteiger partial charge >= 0.3 is 0 Å². The Morgan fingerprint density at radius 1 is 1.55 bits per heavy atom. The summed E-state index contributed by atoms with van der Waals surface area (Å²) in [7, 11) is 0. The van der Waals surface area contributed by atoms with Crippen LogP contribution < -0.4 is 11.1 Å². The molecule has 0 saturated carbocycles. The Hall–Kier alpha value is -1.99. The molecule has 0 aliphatic carbocycles. The molecule has 1 heterocycles. The third-order valence-electron chi connectivity index (χ3n) is 2.68. The molecule has 1 unspecified atom stereocenters. The van der Waals surface area contributed by atoms with E-state index in [1.54, 1.807) is 13.0 Å². The normalized spacial score (nSPS) is 11.6. The third kappa shape index (κ3) is 3.52. The highest BCUT2D eigenvalue weighted by Crippen LogP contribution is 2.17. The molecule has 0 radical (unpaired) electrons. The van der Waals surface area contributed by atoms with Crippen LogP contribution in [0.4, 0.5) is 10.1 Å². The van der Waals surface area contributed by atoms with E-state index in [0.29, 0.717) is 5.69 Å². The fraction of sp³-hybridized carbons (Fsp3) is 0.250. The Labute approximate surface area is 121 Å². The Kier molecular flexibility index (Phi) is 5.60. The SMILES string of the molecule is CC(CN)C(=O)Nc1ccc(-n2cncn2)c(F)c1.Cl. The molecule has 20 heavy (non-hydrogen) atoms. The van der Waals surface area contributed by atoms with Gasteiger partial charge in [0.1, 0.15) is 18.3 Å². The van der Waals surface area contributed by atoms with Gasteiger partial charge in [0, 0.05) is 18.2 Å². The van der Waals surface area contributed by atoms with Crippen molar-refractivity contribution in [1.82, 2.24) is 14.8 Å². The van der Waals surface area contributed by atoms with Gasteiger partial charge in [0.2, 0.25) is 5.91 Å². The number of nitrogens with one attached hydrogen (secondary N) is 1. The van der Waals surface area contributed by atoms with E-state index in [-0.39, 0.29) is 36.5 Å². The predicted molar refractivity (Wildman–Crippen MR) is 75.4 cm³/mol. The number of rotatable bonds is 4. The molecular weight excluding hydrogens is 285 g/mol. The van der Waals surface area contributed by atoms with Crippen LogP contribution in [0.5, 0.6) is 0 Å². The first-order valence-electron chi connectivity index (χ1n) is 5.77. The number of nitrogens with zero attached hydrogens (tertiary/aromatic N) is 3. The third-order valence-corrected chi connectivity index (χ3v) is 2.68. The highest BCUT2D eigenvalue weighted by atomic mass is 35.5. The van der Waals surface area contributed by atoms with Gasteiger partial charge in [-0.25, -0.2) is 14.1 Å². The number of nitrogens with two attached hydrogens (primary N) is 1. The maximum Gasteiger partial charge on any atom is 0.228 e. The van der Waals surface area contributed by atoms with E-state index in [0.717, 1.165) is 0 Å². The van der Waals surface area contributed by atoms with Crippen molar-refractivity contribution in [1.29, 1.82) is 0 Å². The molecule has 0 bridgehead atoms. The van der Waals surface area contributed by atoms with Crippen LogP contribution in [0.15, 0.2) is 30.9 Å². The summed E-state index contributed by atoms with van der Waals surface area (Å²) in [5.41, 5.74) is 6.04. The van der Waals surface area contributed by atoms with E-state index in [1.807, 2.05) is 0 Å². The number of carbonyl (C=O) groups is 1. The van der Waals surface area contributed by atoms with Crippen molar-refractivity contribution in [3.63, 3.8) is 0 Å². The van der Waals surface area contributed by atoms with Crippen LogP contribution in [-0.2, 0) is 4.79 Å². The van der Waals surface area contributed by atoms with Crippen molar-refractivity contribution in [2.24, 2.45) is 11.7 Å². The van der Waals surface area contributed by atoms with Crippen molar-refractivity contribution in [3.05, 3.63) is 36.7 Å². The first-order chi connectivity index (χ1) is 9.11. The molecule has 0 fully saturated rings. The van der Waals surface area contributed by atoms with E-state index in [1.165, 1.54) is 29.5 Å². The van der Waals surface area contributed by atoms with Gasteiger partial charge in [0.15, 0.2) is 5.82 Å². The Morgan fingerprint density at radius 2 is 2.30 bits per heavy atom. The zero-order valence-electron chi connectivity index (χ0n) is 10.8. The molecule has 1 amide bonds. The summed E-state index contributed by atoms with van der Waals surface area (Å²) in [6, 6.07) is 4.35. The summed E-state index contributed by atoms with van der Waals surface area (Å²) >= 11 is 0. The lowest BCUT2D eigenvalue weighted by atomic mass is 10.1. The fourth-order valence-corrected chi connectivity index (χ4v) is 1.48. The lowest BCUT2D eigenvalue weighted by molar-refractivity contribution is -0.119. The topological polar surface area (TPSA) is 85.8 Å². The summed E-state index contributed by atoms with van der Waals surface area (Å²) in [4.78, 5) is 15.4. The quantitative estimate of drug-likeness (QED) is 0.892. The van der Waals surface area contributed by atoms with Gasteiger partial charge in [-0.15, -0.1) is 12.4 Å². The molecular formula is C12H15ClFN5O. The second kappa shape index (κ2) is 6.97. The van der Waals surface area contributed by atoms with Crippen LogP contribution in [0.1, 0.15) is 6.92 Å². The van der Waals surface area contributed by atoms with Crippen LogP contribution in [0.3, 0.4) is 0 Å². The largest absolute Gasteiger partial charge is 0.330 e. The summed E-state index contributed by atoms with van der Waals surface area (Å²) < 4.78 is 15.2. The smallest absolute Gasteiger partial charge is 0.228 e. The number of hydrogen-bond acceptors (Lipinski definition) is 4. The van der Waals surface area contributed by atoms with Crippen LogP contribution in [0.2, 0.25) is 0 Å². The van der Waals surface area contributed by atoms with E-state index >= 15 is 0 Å². The zero-order chi connectivity index (χ0) is 13.8. The Bertz CT molecular complexity index is 575. The second-order valence-corrected chi connectivity index (χ2v) is 4.13. The lowest BCUT2D eigenvalue weighted by Gasteiger charge is -2.11. The minimum atomic E-state index is -0.497. The molecule has 0 aliphatic rings.